The molecule has 1 aromatic heterocycles. The highest BCUT2D eigenvalue weighted by Gasteiger charge is 2.34. The van der Waals surface area contributed by atoms with E-state index in [2.05, 4.69) is 14.8 Å². The van der Waals surface area contributed by atoms with E-state index in [1.165, 1.54) is 36.6 Å². The van der Waals surface area contributed by atoms with E-state index in [-0.39, 0.29) is 16.6 Å². The van der Waals surface area contributed by atoms with Gasteiger partial charge in [0, 0.05) is 30.1 Å². The van der Waals surface area contributed by atoms with E-state index in [1.807, 2.05) is 0 Å². The van der Waals surface area contributed by atoms with Gasteiger partial charge < -0.3 is 9.84 Å². The minimum atomic E-state index is -3.72. The molecule has 2 N–H and O–H groups in total. The first-order valence-corrected chi connectivity index (χ1v) is 13.2. The van der Waals surface area contributed by atoms with Crippen LogP contribution in [0.25, 0.3) is 0 Å². The van der Waals surface area contributed by atoms with E-state index in [1.54, 1.807) is 72.8 Å². The fourth-order valence-corrected chi connectivity index (χ4v) is 5.30. The van der Waals surface area contributed by atoms with Gasteiger partial charge in [0.05, 0.1) is 23.8 Å². The Morgan fingerprint density at radius 2 is 1.71 bits per heavy atom. The van der Waals surface area contributed by atoms with Gasteiger partial charge in [-0.1, -0.05) is 36.4 Å². The molecule has 0 fully saturated rings. The number of carbonyl (C=O) groups excluding carboxylic acids is 1. The summed E-state index contributed by atoms with van der Waals surface area (Å²) in [6, 6.07) is 22.7. The van der Waals surface area contributed by atoms with Crippen molar-refractivity contribution in [3.63, 3.8) is 0 Å². The minimum absolute atomic E-state index is 0.0372. The van der Waals surface area contributed by atoms with Gasteiger partial charge >= 0.3 is 0 Å². The van der Waals surface area contributed by atoms with Gasteiger partial charge in [0.15, 0.2) is 11.5 Å². The van der Waals surface area contributed by atoms with Gasteiger partial charge in [0.1, 0.15) is 0 Å². The molecule has 4 aromatic rings. The molecule has 1 aliphatic heterocycles. The number of hydrogen-bond acceptors (Lipinski definition) is 7. The van der Waals surface area contributed by atoms with Gasteiger partial charge in [-0.05, 0) is 59.7 Å². The van der Waals surface area contributed by atoms with Crippen molar-refractivity contribution in [3.05, 3.63) is 114 Å². The van der Waals surface area contributed by atoms with Gasteiger partial charge in [-0.2, -0.15) is 5.10 Å². The number of methoxy groups -OCH3 is 1. The molecule has 2 heterocycles. The van der Waals surface area contributed by atoms with Crippen LogP contribution in [-0.2, 0) is 10.0 Å². The molecule has 0 radical (unpaired) electrons. The summed E-state index contributed by atoms with van der Waals surface area (Å²) >= 11 is 0. The normalized spacial score (nSPS) is 15.1. The summed E-state index contributed by atoms with van der Waals surface area (Å²) in [5, 5.41) is 16.4. The van der Waals surface area contributed by atoms with Crippen LogP contribution in [0.4, 0.5) is 5.69 Å². The monoisotopic (exact) mass is 528 g/mol. The van der Waals surface area contributed by atoms with E-state index in [0.717, 1.165) is 5.56 Å². The Balaban J connectivity index is 1.43. The van der Waals surface area contributed by atoms with Crippen LogP contribution in [-0.4, -0.2) is 42.2 Å². The van der Waals surface area contributed by atoms with Gasteiger partial charge in [-0.3, -0.25) is 14.5 Å². The first-order valence-electron chi connectivity index (χ1n) is 11.7. The second-order valence-electron chi connectivity index (χ2n) is 8.58. The molecule has 1 unspecified atom stereocenters. The van der Waals surface area contributed by atoms with Crippen molar-refractivity contribution in [2.75, 3.05) is 11.8 Å². The number of nitrogens with one attached hydrogen (secondary N) is 1. The molecule has 0 saturated heterocycles. The number of hydrogen-bond donors (Lipinski definition) is 2. The Hall–Kier alpha value is -4.70. The van der Waals surface area contributed by atoms with E-state index in [9.17, 15) is 18.3 Å². The van der Waals surface area contributed by atoms with Crippen molar-refractivity contribution in [2.45, 2.75) is 17.4 Å². The molecule has 9 nitrogen and oxygen atoms in total. The van der Waals surface area contributed by atoms with E-state index >= 15 is 0 Å². The summed E-state index contributed by atoms with van der Waals surface area (Å²) in [6.07, 6.45) is 3.46. The molecular weight excluding hydrogens is 504 g/mol. The number of carbonyl (C=O) groups is 1. The Kier molecular flexibility index (Phi) is 6.80. The lowest BCUT2D eigenvalue weighted by atomic mass is 9.97. The Labute approximate surface area is 220 Å². The minimum Gasteiger partial charge on any atom is -0.504 e. The number of sulfonamides is 1. The van der Waals surface area contributed by atoms with Crippen LogP contribution in [0.15, 0.2) is 107 Å². The van der Waals surface area contributed by atoms with E-state index in [4.69, 9.17) is 4.74 Å². The third-order valence-electron chi connectivity index (χ3n) is 6.16. The van der Waals surface area contributed by atoms with Crippen LogP contribution in [0.5, 0.6) is 11.5 Å². The second kappa shape index (κ2) is 10.3. The maximum atomic E-state index is 13.4. The molecule has 1 amide bonds. The van der Waals surface area contributed by atoms with Crippen LogP contribution in [0.3, 0.4) is 0 Å². The van der Waals surface area contributed by atoms with E-state index < -0.39 is 16.1 Å². The number of amides is 1. The predicted octanol–water partition coefficient (Wildman–Crippen LogP) is 4.59. The highest BCUT2D eigenvalue weighted by Crippen LogP contribution is 2.37. The molecule has 0 aliphatic carbocycles. The van der Waals surface area contributed by atoms with Gasteiger partial charge in [0.2, 0.25) is 0 Å². The highest BCUT2D eigenvalue weighted by molar-refractivity contribution is 7.92. The number of ether oxygens (including phenoxy) is 1. The van der Waals surface area contributed by atoms with Gasteiger partial charge in [0.25, 0.3) is 15.9 Å². The first-order chi connectivity index (χ1) is 18.4. The number of pyridine rings is 1. The third kappa shape index (κ3) is 5.07. The second-order valence-corrected chi connectivity index (χ2v) is 10.3. The molecular formula is C28H24N4O5S. The lowest BCUT2D eigenvalue weighted by molar-refractivity contribution is 0.0710. The zero-order chi connectivity index (χ0) is 26.7. The number of nitrogens with zero attached hydrogens (tertiary/aromatic N) is 3. The molecule has 1 aliphatic rings. The van der Waals surface area contributed by atoms with Crippen molar-refractivity contribution in [2.24, 2.45) is 5.10 Å². The van der Waals surface area contributed by atoms with Crippen LogP contribution < -0.4 is 9.46 Å². The Morgan fingerprint density at radius 3 is 2.37 bits per heavy atom. The van der Waals surface area contributed by atoms with Crippen LogP contribution in [0.2, 0.25) is 0 Å². The molecule has 3 aromatic carbocycles. The fourth-order valence-electron chi connectivity index (χ4n) is 4.22. The van der Waals surface area contributed by atoms with Crippen molar-refractivity contribution in [1.82, 2.24) is 9.99 Å². The standard InChI is InChI=1S/C28H24N4O5S/c1-37-27-12-9-21(17-26(27)33)25-18-24(30-32(25)28(34)20-13-15-29-16-14-20)19-7-10-22(11-8-19)31-38(35,36)23-5-3-2-4-6-23/h2-17,25,31,33H,18H2,1H3. The average Bonchev–Trinajstić information content (AvgIpc) is 3.39. The van der Waals surface area contributed by atoms with Crippen LogP contribution in [0, 0.1) is 0 Å². The summed E-state index contributed by atoms with van der Waals surface area (Å²) in [7, 11) is -2.26. The molecule has 38 heavy (non-hydrogen) atoms. The SMILES string of the molecule is COc1ccc(C2CC(c3ccc(NS(=O)(=O)c4ccccc4)cc3)=NN2C(=O)c2ccncc2)cc1O. The zero-order valence-electron chi connectivity index (χ0n) is 20.4. The molecule has 10 heteroatoms. The largest absolute Gasteiger partial charge is 0.504 e. The quantitative estimate of drug-likeness (QED) is 0.362. The van der Waals surface area contributed by atoms with Gasteiger partial charge in [-0.15, -0.1) is 0 Å². The van der Waals surface area contributed by atoms with Gasteiger partial charge in [-0.25, -0.2) is 13.4 Å². The number of phenolic OH excluding ortho intramolecular Hbond substituents is 1. The molecule has 192 valence electrons. The smallest absolute Gasteiger partial charge is 0.274 e. The number of aromatic nitrogens is 1. The summed E-state index contributed by atoms with van der Waals surface area (Å²) in [5.74, 6) is -0.0202. The topological polar surface area (TPSA) is 121 Å². The Bertz CT molecular complexity index is 1590. The summed E-state index contributed by atoms with van der Waals surface area (Å²) in [4.78, 5) is 17.5. The molecule has 5 rings (SSSR count). The Morgan fingerprint density at radius 1 is 1.00 bits per heavy atom. The molecule has 0 spiro atoms. The lowest BCUT2D eigenvalue weighted by Crippen LogP contribution is -2.27. The average molecular weight is 529 g/mol. The molecule has 0 saturated carbocycles. The zero-order valence-corrected chi connectivity index (χ0v) is 21.2. The summed E-state index contributed by atoms with van der Waals surface area (Å²) in [5.41, 5.74) is 2.90. The maximum absolute atomic E-state index is 13.4. The summed E-state index contributed by atoms with van der Waals surface area (Å²) in [6.45, 7) is 0. The van der Waals surface area contributed by atoms with Crippen LogP contribution >= 0.6 is 0 Å². The number of aromatic hydroxyl groups is 1. The summed E-state index contributed by atoms with van der Waals surface area (Å²) < 4.78 is 33.0. The third-order valence-corrected chi connectivity index (χ3v) is 7.55. The first kappa shape index (κ1) is 25.0. The number of phenols is 1. The van der Waals surface area contributed by atoms with Crippen LogP contribution in [0.1, 0.15) is 33.9 Å². The molecule has 1 atom stereocenters. The number of rotatable bonds is 7. The van der Waals surface area contributed by atoms with Crippen molar-refractivity contribution >= 4 is 27.3 Å². The molecule has 0 bridgehead atoms. The number of hydrazone groups is 1. The van der Waals surface area contributed by atoms with Crippen molar-refractivity contribution < 1.29 is 23.1 Å². The number of anilines is 1. The number of benzene rings is 3. The fraction of sp³-hybridized carbons (Fsp3) is 0.107. The lowest BCUT2D eigenvalue weighted by Gasteiger charge is -2.22. The predicted molar refractivity (Wildman–Crippen MR) is 143 cm³/mol. The highest BCUT2D eigenvalue weighted by atomic mass is 32.2. The van der Waals surface area contributed by atoms with Crippen molar-refractivity contribution in [1.29, 1.82) is 0 Å². The van der Waals surface area contributed by atoms with Crippen molar-refractivity contribution in [3.8, 4) is 11.5 Å². The van der Waals surface area contributed by atoms with E-state index in [0.29, 0.717) is 34.7 Å². The maximum Gasteiger partial charge on any atom is 0.274 e.